The fourth-order valence-electron chi connectivity index (χ4n) is 2.70. The Morgan fingerprint density at radius 3 is 1.76 bits per heavy atom. The lowest BCUT2D eigenvalue weighted by Crippen LogP contribution is -2.41. The molecule has 1 aliphatic rings. The molecule has 0 N–H and O–H groups in total. The SMILES string of the molecule is CC(C)C1OC(=O)C1=C(c1ccccc1)c1ccccc1. The molecule has 0 amide bonds. The van der Waals surface area contributed by atoms with Crippen molar-refractivity contribution < 1.29 is 9.53 Å². The van der Waals surface area contributed by atoms with E-state index in [1.807, 2.05) is 60.7 Å². The summed E-state index contributed by atoms with van der Waals surface area (Å²) in [5, 5.41) is 0. The predicted octanol–water partition coefficient (Wildman–Crippen LogP) is 4.07. The molecule has 106 valence electrons. The van der Waals surface area contributed by atoms with Gasteiger partial charge in [-0.25, -0.2) is 4.79 Å². The summed E-state index contributed by atoms with van der Waals surface area (Å²) in [6, 6.07) is 20.1. The van der Waals surface area contributed by atoms with E-state index in [1.165, 1.54) is 0 Å². The van der Waals surface area contributed by atoms with E-state index in [-0.39, 0.29) is 18.0 Å². The second-order valence-corrected chi connectivity index (χ2v) is 5.59. The lowest BCUT2D eigenvalue weighted by Gasteiger charge is -2.34. The molecule has 21 heavy (non-hydrogen) atoms. The van der Waals surface area contributed by atoms with Crippen molar-refractivity contribution in [3.63, 3.8) is 0 Å². The number of benzene rings is 2. The van der Waals surface area contributed by atoms with Gasteiger partial charge in [0, 0.05) is 5.57 Å². The van der Waals surface area contributed by atoms with Gasteiger partial charge in [-0.05, 0) is 17.0 Å². The highest BCUT2D eigenvalue weighted by Gasteiger charge is 2.41. The van der Waals surface area contributed by atoms with Gasteiger partial charge in [0.2, 0.25) is 0 Å². The van der Waals surface area contributed by atoms with Crippen LogP contribution in [-0.4, -0.2) is 12.1 Å². The largest absolute Gasteiger partial charge is 0.453 e. The van der Waals surface area contributed by atoms with Gasteiger partial charge in [-0.1, -0.05) is 74.5 Å². The van der Waals surface area contributed by atoms with E-state index in [9.17, 15) is 4.79 Å². The molecule has 0 radical (unpaired) electrons. The Morgan fingerprint density at radius 1 is 0.905 bits per heavy atom. The van der Waals surface area contributed by atoms with Gasteiger partial charge in [-0.2, -0.15) is 0 Å². The molecule has 0 bridgehead atoms. The molecular formula is C19H18O2. The Balaban J connectivity index is 2.20. The number of esters is 1. The first-order valence-corrected chi connectivity index (χ1v) is 7.24. The number of cyclic esters (lactones) is 1. The maximum atomic E-state index is 12.1. The molecule has 0 saturated carbocycles. The number of carbonyl (C=O) groups is 1. The van der Waals surface area contributed by atoms with Crippen LogP contribution in [0.5, 0.6) is 0 Å². The Kier molecular flexibility index (Phi) is 3.61. The van der Waals surface area contributed by atoms with Crippen molar-refractivity contribution in [1.82, 2.24) is 0 Å². The molecule has 0 aliphatic carbocycles. The molecular weight excluding hydrogens is 260 g/mol. The van der Waals surface area contributed by atoms with Crippen molar-refractivity contribution in [2.45, 2.75) is 20.0 Å². The van der Waals surface area contributed by atoms with Crippen LogP contribution in [0.1, 0.15) is 25.0 Å². The summed E-state index contributed by atoms with van der Waals surface area (Å²) < 4.78 is 5.34. The van der Waals surface area contributed by atoms with E-state index >= 15 is 0 Å². The summed E-state index contributed by atoms with van der Waals surface area (Å²) in [6.45, 7) is 4.15. The van der Waals surface area contributed by atoms with Gasteiger partial charge in [-0.3, -0.25) is 0 Å². The Hall–Kier alpha value is -2.35. The third-order valence-corrected chi connectivity index (χ3v) is 3.74. The van der Waals surface area contributed by atoms with E-state index in [2.05, 4.69) is 13.8 Å². The van der Waals surface area contributed by atoms with Crippen molar-refractivity contribution >= 4 is 11.5 Å². The third kappa shape index (κ3) is 2.49. The summed E-state index contributed by atoms with van der Waals surface area (Å²) in [5.74, 6) is 0.0801. The first kappa shape index (κ1) is 13.6. The fraction of sp³-hybridized carbons (Fsp3) is 0.211. The van der Waals surface area contributed by atoms with E-state index in [0.29, 0.717) is 0 Å². The molecule has 1 heterocycles. The molecule has 0 spiro atoms. The number of hydrogen-bond donors (Lipinski definition) is 0. The normalized spacial score (nSPS) is 17.4. The summed E-state index contributed by atoms with van der Waals surface area (Å²) in [7, 11) is 0. The molecule has 1 unspecified atom stereocenters. The molecule has 2 heteroatoms. The third-order valence-electron chi connectivity index (χ3n) is 3.74. The van der Waals surface area contributed by atoms with Crippen LogP contribution in [0.3, 0.4) is 0 Å². The Bertz CT molecular complexity index is 628. The fourth-order valence-corrected chi connectivity index (χ4v) is 2.70. The molecule has 3 rings (SSSR count). The lowest BCUT2D eigenvalue weighted by molar-refractivity contribution is -0.158. The van der Waals surface area contributed by atoms with Crippen molar-refractivity contribution in [2.24, 2.45) is 5.92 Å². The van der Waals surface area contributed by atoms with Crippen molar-refractivity contribution in [1.29, 1.82) is 0 Å². The predicted molar refractivity (Wildman–Crippen MR) is 83.6 cm³/mol. The number of carbonyl (C=O) groups excluding carboxylic acids is 1. The minimum absolute atomic E-state index is 0.118. The molecule has 2 aromatic rings. The minimum Gasteiger partial charge on any atom is -0.453 e. The molecule has 2 nitrogen and oxygen atoms in total. The van der Waals surface area contributed by atoms with Crippen molar-refractivity contribution in [3.05, 3.63) is 77.4 Å². The maximum Gasteiger partial charge on any atom is 0.339 e. The monoisotopic (exact) mass is 278 g/mol. The van der Waals surface area contributed by atoms with E-state index in [4.69, 9.17) is 4.74 Å². The molecule has 2 aromatic carbocycles. The highest BCUT2D eigenvalue weighted by atomic mass is 16.6. The van der Waals surface area contributed by atoms with Crippen molar-refractivity contribution in [3.8, 4) is 0 Å². The summed E-state index contributed by atoms with van der Waals surface area (Å²) in [4.78, 5) is 12.1. The van der Waals surface area contributed by atoms with Gasteiger partial charge in [0.05, 0.1) is 5.57 Å². The minimum atomic E-state index is -0.198. The van der Waals surface area contributed by atoms with Crippen LogP contribution in [0.25, 0.3) is 5.57 Å². The van der Waals surface area contributed by atoms with Gasteiger partial charge in [-0.15, -0.1) is 0 Å². The van der Waals surface area contributed by atoms with Crippen LogP contribution in [0, 0.1) is 5.92 Å². The number of ether oxygens (including phenoxy) is 1. The second-order valence-electron chi connectivity index (χ2n) is 5.59. The summed E-state index contributed by atoms with van der Waals surface area (Å²) in [6.07, 6.45) is -0.118. The summed E-state index contributed by atoms with van der Waals surface area (Å²) >= 11 is 0. The number of rotatable bonds is 3. The van der Waals surface area contributed by atoms with Gasteiger partial charge in [0.1, 0.15) is 6.10 Å². The van der Waals surface area contributed by atoms with Gasteiger partial charge in [0.25, 0.3) is 0 Å². The van der Waals surface area contributed by atoms with Crippen LogP contribution in [0.15, 0.2) is 66.2 Å². The van der Waals surface area contributed by atoms with Crippen LogP contribution in [0.2, 0.25) is 0 Å². The molecule has 0 aromatic heterocycles. The quantitative estimate of drug-likeness (QED) is 0.625. The van der Waals surface area contributed by atoms with E-state index in [1.54, 1.807) is 0 Å². The number of hydrogen-bond acceptors (Lipinski definition) is 2. The highest BCUT2D eigenvalue weighted by molar-refractivity contribution is 6.06. The zero-order valence-electron chi connectivity index (χ0n) is 12.2. The second kappa shape index (κ2) is 5.57. The first-order chi connectivity index (χ1) is 10.2. The Morgan fingerprint density at radius 2 is 1.38 bits per heavy atom. The van der Waals surface area contributed by atoms with Crippen LogP contribution >= 0.6 is 0 Å². The molecule has 1 atom stereocenters. The van der Waals surface area contributed by atoms with Crippen LogP contribution in [-0.2, 0) is 9.53 Å². The molecule has 1 aliphatic heterocycles. The van der Waals surface area contributed by atoms with Gasteiger partial charge >= 0.3 is 5.97 Å². The molecule has 1 fully saturated rings. The average Bonchev–Trinajstić information content (AvgIpc) is 2.51. The molecule has 1 saturated heterocycles. The standard InChI is InChI=1S/C19H18O2/c1-13(2)18-17(19(20)21-18)16(14-9-5-3-6-10-14)15-11-7-4-8-12-15/h3-13,18H,1-2H3. The van der Waals surface area contributed by atoms with Gasteiger partial charge < -0.3 is 4.74 Å². The first-order valence-electron chi connectivity index (χ1n) is 7.24. The average molecular weight is 278 g/mol. The topological polar surface area (TPSA) is 26.3 Å². The Labute approximate surface area is 125 Å². The maximum absolute atomic E-state index is 12.1. The van der Waals surface area contributed by atoms with Crippen molar-refractivity contribution in [2.75, 3.05) is 0 Å². The van der Waals surface area contributed by atoms with Crippen LogP contribution < -0.4 is 0 Å². The smallest absolute Gasteiger partial charge is 0.339 e. The van der Waals surface area contributed by atoms with E-state index in [0.717, 1.165) is 22.3 Å². The lowest BCUT2D eigenvalue weighted by atomic mass is 9.84. The van der Waals surface area contributed by atoms with E-state index < -0.39 is 0 Å². The zero-order chi connectivity index (χ0) is 14.8. The highest BCUT2D eigenvalue weighted by Crippen LogP contribution is 2.37. The van der Waals surface area contributed by atoms with Gasteiger partial charge in [0.15, 0.2) is 0 Å². The van der Waals surface area contributed by atoms with Crippen LogP contribution in [0.4, 0.5) is 0 Å². The summed E-state index contributed by atoms with van der Waals surface area (Å²) in [5.41, 5.74) is 3.90. The zero-order valence-corrected chi connectivity index (χ0v) is 12.2.